The van der Waals surface area contributed by atoms with Gasteiger partial charge >= 0.3 is 0 Å². The van der Waals surface area contributed by atoms with E-state index < -0.39 is 23.8 Å². The van der Waals surface area contributed by atoms with Crippen LogP contribution < -0.4 is 0 Å². The molecular weight excluding hydrogens is 420 g/mol. The van der Waals surface area contributed by atoms with Crippen molar-refractivity contribution in [3.63, 3.8) is 0 Å². The number of aromatic nitrogens is 2. The van der Waals surface area contributed by atoms with Gasteiger partial charge in [-0.15, -0.1) is 0 Å². The Balaban J connectivity index is 2.12. The van der Waals surface area contributed by atoms with Crippen molar-refractivity contribution in [2.75, 3.05) is 0 Å². The van der Waals surface area contributed by atoms with E-state index in [2.05, 4.69) is 33.6 Å². The molecule has 0 N–H and O–H groups in total. The first-order valence-electron chi connectivity index (χ1n) is 8.98. The number of benzene rings is 1. The van der Waals surface area contributed by atoms with Crippen molar-refractivity contribution < 1.29 is 17.6 Å². The first kappa shape index (κ1) is 22.0. The molecule has 0 amide bonds. The maximum Gasteiger partial charge on any atom is 0.216 e. The molecule has 0 aliphatic carbocycles. The predicted molar refractivity (Wildman–Crippen MR) is 105 cm³/mol. The fourth-order valence-electron chi connectivity index (χ4n) is 2.74. The molecule has 3 aromatic rings. The summed E-state index contributed by atoms with van der Waals surface area (Å²) in [6, 6.07) is 10.9. The van der Waals surface area contributed by atoms with E-state index in [-0.39, 0.29) is 24.0 Å². The van der Waals surface area contributed by atoms with Gasteiger partial charge in [-0.3, -0.25) is 0 Å². The smallest absolute Gasteiger partial charge is 0.198 e. The summed E-state index contributed by atoms with van der Waals surface area (Å²) in [5, 5.41) is 18.2. The first-order valence-corrected chi connectivity index (χ1v) is 8.98. The quantitative estimate of drug-likeness (QED) is 0.351. The summed E-state index contributed by atoms with van der Waals surface area (Å²) in [6.07, 6.45) is -0.0635. The number of nitrogens with zero attached hydrogens (tertiary/aromatic N) is 4. The minimum atomic E-state index is -1.03. The first-order chi connectivity index (χ1) is 15.4. The van der Waals surface area contributed by atoms with Crippen LogP contribution in [0.2, 0.25) is 0 Å². The Morgan fingerprint density at radius 3 is 1.28 bits per heavy atom. The summed E-state index contributed by atoms with van der Waals surface area (Å²) in [7, 11) is 0. The van der Waals surface area contributed by atoms with Crippen molar-refractivity contribution in [2.45, 2.75) is 12.8 Å². The number of hydrogen-bond acceptors (Lipinski definition) is 4. The fraction of sp³-hybridized carbons (Fsp3) is 0.0833. The number of halogens is 4. The fourth-order valence-corrected chi connectivity index (χ4v) is 2.74. The van der Waals surface area contributed by atoms with Crippen molar-refractivity contribution in [3.05, 3.63) is 93.6 Å². The summed E-state index contributed by atoms with van der Waals surface area (Å²) < 4.78 is 53.2. The average Bonchev–Trinajstić information content (AvgIpc) is 2.71. The van der Waals surface area contributed by atoms with Crippen LogP contribution in [0.3, 0.4) is 0 Å². The van der Waals surface area contributed by atoms with Crippen LogP contribution >= 0.6 is 0 Å². The van der Waals surface area contributed by atoms with Gasteiger partial charge in [0.25, 0.3) is 0 Å². The van der Waals surface area contributed by atoms with Gasteiger partial charge in [0.05, 0.1) is 25.0 Å². The highest BCUT2D eigenvalue weighted by Gasteiger charge is 2.09. The standard InChI is InChI=1S/C24H10F4N4/c25-21-9-15(10-22(26)31-21)1-3-17-13-18(20(6-8-30)14-19(17)5-7-29)4-2-16-11-23(27)32-24(28)12-16/h9-14H,5-6H2. The summed E-state index contributed by atoms with van der Waals surface area (Å²) in [4.78, 5) is 5.99. The van der Waals surface area contributed by atoms with Gasteiger partial charge in [0.1, 0.15) is 0 Å². The molecule has 8 heteroatoms. The van der Waals surface area contributed by atoms with Gasteiger partial charge in [-0.2, -0.15) is 38.1 Å². The van der Waals surface area contributed by atoms with Crippen LogP contribution in [0, 0.1) is 70.1 Å². The molecule has 154 valence electrons. The summed E-state index contributed by atoms with van der Waals surface area (Å²) in [5.74, 6) is 6.61. The molecule has 0 unspecified atom stereocenters. The van der Waals surface area contributed by atoms with Crippen LogP contribution in [0.25, 0.3) is 0 Å². The maximum atomic E-state index is 13.3. The SMILES string of the molecule is N#CCc1cc(CC#N)c(C#Cc2cc(F)nc(F)c2)cc1C#Cc1cc(F)nc(F)c1. The zero-order chi connectivity index (χ0) is 23.1. The van der Waals surface area contributed by atoms with E-state index in [1.807, 2.05) is 12.1 Å². The van der Waals surface area contributed by atoms with Crippen LogP contribution in [0.15, 0.2) is 36.4 Å². The molecule has 0 spiro atoms. The second kappa shape index (κ2) is 9.90. The van der Waals surface area contributed by atoms with Crippen molar-refractivity contribution >= 4 is 0 Å². The lowest BCUT2D eigenvalue weighted by molar-refractivity contribution is 0.511. The lowest BCUT2D eigenvalue weighted by Crippen LogP contribution is -1.97. The van der Waals surface area contributed by atoms with Crippen LogP contribution in [-0.2, 0) is 12.8 Å². The third-order valence-corrected chi connectivity index (χ3v) is 4.08. The Bertz CT molecular complexity index is 1270. The van der Waals surface area contributed by atoms with Crippen molar-refractivity contribution in [2.24, 2.45) is 0 Å². The highest BCUT2D eigenvalue weighted by atomic mass is 19.1. The van der Waals surface area contributed by atoms with Crippen LogP contribution in [-0.4, -0.2) is 9.97 Å². The van der Waals surface area contributed by atoms with Crippen LogP contribution in [0.4, 0.5) is 17.6 Å². The molecule has 1 aromatic carbocycles. The number of rotatable bonds is 2. The van der Waals surface area contributed by atoms with E-state index in [4.69, 9.17) is 10.5 Å². The Kier molecular flexibility index (Phi) is 6.81. The molecule has 0 atom stereocenters. The van der Waals surface area contributed by atoms with E-state index in [1.165, 1.54) is 6.07 Å². The Morgan fingerprint density at radius 2 is 0.938 bits per heavy atom. The number of pyridine rings is 2. The van der Waals surface area contributed by atoms with Gasteiger partial charge < -0.3 is 0 Å². The van der Waals surface area contributed by atoms with Crippen molar-refractivity contribution in [3.8, 4) is 35.8 Å². The van der Waals surface area contributed by atoms with Crippen LogP contribution in [0.1, 0.15) is 33.4 Å². The third kappa shape index (κ3) is 5.70. The topological polar surface area (TPSA) is 73.4 Å². The molecule has 2 heterocycles. The van der Waals surface area contributed by atoms with Gasteiger partial charge in [0.15, 0.2) is 0 Å². The van der Waals surface area contributed by atoms with Gasteiger partial charge in [-0.1, -0.05) is 29.7 Å². The molecule has 0 saturated heterocycles. The molecule has 32 heavy (non-hydrogen) atoms. The maximum absolute atomic E-state index is 13.3. The largest absolute Gasteiger partial charge is 0.216 e. The Morgan fingerprint density at radius 1 is 0.562 bits per heavy atom. The van der Waals surface area contributed by atoms with E-state index in [1.54, 1.807) is 6.07 Å². The van der Waals surface area contributed by atoms with Crippen LogP contribution in [0.5, 0.6) is 0 Å². The molecule has 0 aliphatic heterocycles. The van der Waals surface area contributed by atoms with E-state index in [0.717, 1.165) is 24.3 Å². The minimum absolute atomic E-state index is 0.0318. The average molecular weight is 430 g/mol. The van der Waals surface area contributed by atoms with Crippen molar-refractivity contribution in [1.29, 1.82) is 10.5 Å². The summed E-state index contributed by atoms with van der Waals surface area (Å²) >= 11 is 0. The zero-order valence-corrected chi connectivity index (χ0v) is 16.2. The highest BCUT2D eigenvalue weighted by Crippen LogP contribution is 2.18. The summed E-state index contributed by atoms with van der Waals surface area (Å²) in [5.41, 5.74) is 1.76. The van der Waals surface area contributed by atoms with E-state index >= 15 is 0 Å². The van der Waals surface area contributed by atoms with E-state index in [0.29, 0.717) is 22.3 Å². The van der Waals surface area contributed by atoms with Gasteiger partial charge in [0.2, 0.25) is 23.8 Å². The number of hydrogen-bond donors (Lipinski definition) is 0. The van der Waals surface area contributed by atoms with Gasteiger partial charge in [-0.05, 0) is 17.2 Å². The summed E-state index contributed by atoms with van der Waals surface area (Å²) in [6.45, 7) is 0. The Labute approximate surface area is 180 Å². The molecule has 0 saturated carbocycles. The van der Waals surface area contributed by atoms with Crippen molar-refractivity contribution in [1.82, 2.24) is 9.97 Å². The molecule has 2 aromatic heterocycles. The third-order valence-electron chi connectivity index (χ3n) is 4.08. The number of nitriles is 2. The molecular formula is C24H10F4N4. The Hall–Kier alpha value is -4.66. The van der Waals surface area contributed by atoms with E-state index in [9.17, 15) is 17.6 Å². The molecule has 0 aliphatic rings. The normalized spacial score (nSPS) is 9.56. The lowest BCUT2D eigenvalue weighted by Gasteiger charge is -2.07. The second-order valence-electron chi connectivity index (χ2n) is 6.34. The molecule has 3 rings (SSSR count). The zero-order valence-electron chi connectivity index (χ0n) is 16.2. The van der Waals surface area contributed by atoms with Gasteiger partial charge in [-0.25, -0.2) is 0 Å². The highest BCUT2D eigenvalue weighted by molar-refractivity contribution is 5.56. The molecule has 4 nitrogen and oxygen atoms in total. The molecule has 0 bridgehead atoms. The second-order valence-corrected chi connectivity index (χ2v) is 6.34. The minimum Gasteiger partial charge on any atom is -0.198 e. The lowest BCUT2D eigenvalue weighted by atomic mass is 9.95. The molecule has 0 radical (unpaired) electrons. The monoisotopic (exact) mass is 430 g/mol. The van der Waals surface area contributed by atoms with Gasteiger partial charge in [0, 0.05) is 46.5 Å². The molecule has 0 fully saturated rings. The predicted octanol–water partition coefficient (Wildman–Crippen LogP) is 3.96.